The molecule has 3 N–H and O–H groups in total. The summed E-state index contributed by atoms with van der Waals surface area (Å²) in [5, 5.41) is 9.60. The monoisotopic (exact) mass is 159 g/mol. The molecule has 0 saturated carbocycles. The van der Waals surface area contributed by atoms with Crippen molar-refractivity contribution in [3.05, 3.63) is 0 Å². The normalized spacial score (nSPS) is 16.9. The molecule has 11 heavy (non-hydrogen) atoms. The highest BCUT2D eigenvalue weighted by Crippen LogP contribution is 2.14. The molecule has 0 aliphatic carbocycles. The highest BCUT2D eigenvalue weighted by molar-refractivity contribution is 4.69. The molecule has 0 aromatic heterocycles. The fourth-order valence-electron chi connectivity index (χ4n) is 1.27. The smallest absolute Gasteiger partial charge is 0.0582 e. The van der Waals surface area contributed by atoms with Gasteiger partial charge in [-0.05, 0) is 31.2 Å². The molecule has 2 atom stereocenters. The number of hydrogen-bond acceptors (Lipinski definition) is 2. The van der Waals surface area contributed by atoms with Crippen molar-refractivity contribution in [3.63, 3.8) is 0 Å². The van der Waals surface area contributed by atoms with Gasteiger partial charge in [0.1, 0.15) is 0 Å². The van der Waals surface area contributed by atoms with Crippen molar-refractivity contribution in [1.29, 1.82) is 0 Å². The SMILES string of the molecule is CCC(CN)C(O)CC(C)C. The van der Waals surface area contributed by atoms with E-state index >= 15 is 0 Å². The van der Waals surface area contributed by atoms with E-state index in [0.717, 1.165) is 12.8 Å². The Bertz CT molecular complexity index is 89.6. The van der Waals surface area contributed by atoms with Crippen LogP contribution in [-0.2, 0) is 0 Å². The number of aliphatic hydroxyl groups is 1. The van der Waals surface area contributed by atoms with Crippen LogP contribution < -0.4 is 5.73 Å². The van der Waals surface area contributed by atoms with Crippen LogP contribution in [0.15, 0.2) is 0 Å². The standard InChI is InChI=1S/C9H21NO/c1-4-8(6-10)9(11)5-7(2)3/h7-9,11H,4-6,10H2,1-3H3. The van der Waals surface area contributed by atoms with Crippen molar-refractivity contribution < 1.29 is 5.11 Å². The van der Waals surface area contributed by atoms with Crippen LogP contribution in [0.1, 0.15) is 33.6 Å². The minimum absolute atomic E-state index is 0.204. The summed E-state index contributed by atoms with van der Waals surface area (Å²) >= 11 is 0. The predicted molar refractivity (Wildman–Crippen MR) is 48.3 cm³/mol. The predicted octanol–water partition coefficient (Wildman–Crippen LogP) is 1.38. The van der Waals surface area contributed by atoms with E-state index in [2.05, 4.69) is 20.8 Å². The Labute approximate surface area is 69.8 Å². The minimum atomic E-state index is -0.204. The third-order valence-corrected chi connectivity index (χ3v) is 2.08. The van der Waals surface area contributed by atoms with Crippen molar-refractivity contribution in [3.8, 4) is 0 Å². The molecule has 0 fully saturated rings. The van der Waals surface area contributed by atoms with E-state index in [1.165, 1.54) is 0 Å². The Balaban J connectivity index is 3.68. The van der Waals surface area contributed by atoms with Crippen LogP contribution in [0.3, 0.4) is 0 Å². The molecule has 2 unspecified atom stereocenters. The van der Waals surface area contributed by atoms with Gasteiger partial charge in [-0.3, -0.25) is 0 Å². The Morgan fingerprint density at radius 1 is 1.36 bits per heavy atom. The zero-order valence-electron chi connectivity index (χ0n) is 7.88. The van der Waals surface area contributed by atoms with Gasteiger partial charge in [0.05, 0.1) is 6.10 Å². The molecule has 2 nitrogen and oxygen atoms in total. The number of hydrogen-bond donors (Lipinski definition) is 2. The second-order valence-electron chi connectivity index (χ2n) is 3.60. The van der Waals surface area contributed by atoms with Gasteiger partial charge in [0, 0.05) is 0 Å². The summed E-state index contributed by atoms with van der Waals surface area (Å²) in [5.41, 5.74) is 5.50. The summed E-state index contributed by atoms with van der Waals surface area (Å²) in [6.07, 6.45) is 1.64. The second-order valence-corrected chi connectivity index (χ2v) is 3.60. The maximum atomic E-state index is 9.60. The maximum absolute atomic E-state index is 9.60. The highest BCUT2D eigenvalue weighted by Gasteiger charge is 2.16. The van der Waals surface area contributed by atoms with Gasteiger partial charge in [-0.15, -0.1) is 0 Å². The summed E-state index contributed by atoms with van der Waals surface area (Å²) in [7, 11) is 0. The van der Waals surface area contributed by atoms with E-state index in [1.54, 1.807) is 0 Å². The third kappa shape index (κ3) is 4.38. The molecule has 0 bridgehead atoms. The Hall–Kier alpha value is -0.0800. The molecule has 0 heterocycles. The van der Waals surface area contributed by atoms with Crippen molar-refractivity contribution in [2.75, 3.05) is 6.54 Å². The van der Waals surface area contributed by atoms with Gasteiger partial charge >= 0.3 is 0 Å². The number of aliphatic hydroxyl groups excluding tert-OH is 1. The van der Waals surface area contributed by atoms with Crippen LogP contribution in [-0.4, -0.2) is 17.8 Å². The first kappa shape index (κ1) is 10.9. The Morgan fingerprint density at radius 3 is 2.18 bits per heavy atom. The van der Waals surface area contributed by atoms with E-state index in [4.69, 9.17) is 5.73 Å². The minimum Gasteiger partial charge on any atom is -0.393 e. The molecule has 0 saturated heterocycles. The topological polar surface area (TPSA) is 46.2 Å². The first-order valence-corrected chi connectivity index (χ1v) is 4.49. The lowest BCUT2D eigenvalue weighted by Crippen LogP contribution is -2.28. The lowest BCUT2D eigenvalue weighted by atomic mass is 9.93. The first-order chi connectivity index (χ1) is 5.11. The average Bonchev–Trinajstić information content (AvgIpc) is 1.88. The van der Waals surface area contributed by atoms with Gasteiger partial charge in [0.15, 0.2) is 0 Å². The first-order valence-electron chi connectivity index (χ1n) is 4.49. The molecule has 2 heteroatoms. The van der Waals surface area contributed by atoms with Gasteiger partial charge in [0.25, 0.3) is 0 Å². The van der Waals surface area contributed by atoms with Crippen LogP contribution in [0.5, 0.6) is 0 Å². The van der Waals surface area contributed by atoms with Crippen LogP contribution in [0, 0.1) is 11.8 Å². The molecule has 68 valence electrons. The van der Waals surface area contributed by atoms with E-state index in [1.807, 2.05) is 0 Å². The fourth-order valence-corrected chi connectivity index (χ4v) is 1.27. The second kappa shape index (κ2) is 5.56. The molecule has 0 radical (unpaired) electrons. The van der Waals surface area contributed by atoms with Gasteiger partial charge < -0.3 is 10.8 Å². The number of nitrogens with two attached hydrogens (primary N) is 1. The van der Waals surface area contributed by atoms with Crippen molar-refractivity contribution >= 4 is 0 Å². The quantitative estimate of drug-likeness (QED) is 0.636. The average molecular weight is 159 g/mol. The van der Waals surface area contributed by atoms with E-state index in [-0.39, 0.29) is 12.0 Å². The summed E-state index contributed by atoms with van der Waals surface area (Å²) in [6.45, 7) is 6.91. The van der Waals surface area contributed by atoms with Gasteiger partial charge in [-0.2, -0.15) is 0 Å². The lowest BCUT2D eigenvalue weighted by Gasteiger charge is -2.21. The summed E-state index contributed by atoms with van der Waals surface area (Å²) < 4.78 is 0. The van der Waals surface area contributed by atoms with Crippen LogP contribution in [0.2, 0.25) is 0 Å². The van der Waals surface area contributed by atoms with Gasteiger partial charge in [-0.25, -0.2) is 0 Å². The highest BCUT2D eigenvalue weighted by atomic mass is 16.3. The molecule has 0 aliphatic heterocycles. The molecule has 0 aromatic rings. The zero-order valence-corrected chi connectivity index (χ0v) is 7.88. The molecule has 0 rings (SSSR count). The van der Waals surface area contributed by atoms with Crippen LogP contribution in [0.4, 0.5) is 0 Å². The molecule has 0 spiro atoms. The van der Waals surface area contributed by atoms with E-state index in [0.29, 0.717) is 12.5 Å². The van der Waals surface area contributed by atoms with Crippen LogP contribution in [0.25, 0.3) is 0 Å². The van der Waals surface area contributed by atoms with Crippen molar-refractivity contribution in [1.82, 2.24) is 0 Å². The molecular formula is C9H21NO. The number of rotatable bonds is 5. The van der Waals surface area contributed by atoms with Crippen molar-refractivity contribution in [2.24, 2.45) is 17.6 Å². The van der Waals surface area contributed by atoms with Gasteiger partial charge in [0.2, 0.25) is 0 Å². The largest absolute Gasteiger partial charge is 0.393 e. The summed E-state index contributed by atoms with van der Waals surface area (Å²) in [6, 6.07) is 0. The Morgan fingerprint density at radius 2 is 1.91 bits per heavy atom. The third-order valence-electron chi connectivity index (χ3n) is 2.08. The van der Waals surface area contributed by atoms with E-state index < -0.39 is 0 Å². The zero-order chi connectivity index (χ0) is 8.85. The summed E-state index contributed by atoms with van der Waals surface area (Å²) in [4.78, 5) is 0. The molecule has 0 amide bonds. The summed E-state index contributed by atoms with van der Waals surface area (Å²) in [5.74, 6) is 0.850. The molecular weight excluding hydrogens is 138 g/mol. The molecule has 0 aromatic carbocycles. The van der Waals surface area contributed by atoms with E-state index in [9.17, 15) is 5.11 Å². The van der Waals surface area contributed by atoms with Crippen LogP contribution >= 0.6 is 0 Å². The maximum Gasteiger partial charge on any atom is 0.0582 e. The molecule has 0 aliphatic rings. The van der Waals surface area contributed by atoms with Crippen molar-refractivity contribution in [2.45, 2.75) is 39.7 Å². The fraction of sp³-hybridized carbons (Fsp3) is 1.00. The Kier molecular flexibility index (Phi) is 5.51. The lowest BCUT2D eigenvalue weighted by molar-refractivity contribution is 0.0881. The van der Waals surface area contributed by atoms with Gasteiger partial charge in [-0.1, -0.05) is 20.8 Å².